The predicted molar refractivity (Wildman–Crippen MR) is 344 cm³/mol. The van der Waals surface area contributed by atoms with E-state index >= 15 is 0 Å². The molecular formula is C67H130O17P2. The Labute approximate surface area is 524 Å². The fourth-order valence-electron chi connectivity index (χ4n) is 10.0. The Morgan fingerprint density at radius 3 is 0.791 bits per heavy atom. The van der Waals surface area contributed by atoms with Gasteiger partial charge >= 0.3 is 39.5 Å². The van der Waals surface area contributed by atoms with Crippen LogP contribution in [0.15, 0.2) is 0 Å². The number of aliphatic hydroxyl groups excluding tert-OH is 1. The molecule has 0 radical (unpaired) electrons. The quantitative estimate of drug-likeness (QED) is 0.0222. The van der Waals surface area contributed by atoms with E-state index in [1.54, 1.807) is 0 Å². The van der Waals surface area contributed by atoms with Crippen molar-refractivity contribution in [1.29, 1.82) is 0 Å². The molecule has 510 valence electrons. The molecule has 2 unspecified atom stereocenters. The summed E-state index contributed by atoms with van der Waals surface area (Å²) in [6, 6.07) is 0. The fraction of sp³-hybridized carbons (Fsp3) is 0.940. The zero-order valence-electron chi connectivity index (χ0n) is 55.8. The summed E-state index contributed by atoms with van der Waals surface area (Å²) in [5, 5.41) is 10.5. The Morgan fingerprint density at radius 1 is 0.314 bits per heavy atom. The van der Waals surface area contributed by atoms with E-state index in [0.29, 0.717) is 31.6 Å². The lowest BCUT2D eigenvalue weighted by Gasteiger charge is -2.21. The van der Waals surface area contributed by atoms with Crippen molar-refractivity contribution in [2.75, 3.05) is 39.6 Å². The van der Waals surface area contributed by atoms with E-state index in [1.807, 2.05) is 0 Å². The summed E-state index contributed by atoms with van der Waals surface area (Å²) in [6.45, 7) is 11.6. The molecule has 0 fully saturated rings. The van der Waals surface area contributed by atoms with Crippen LogP contribution in [0.5, 0.6) is 0 Å². The Morgan fingerprint density at radius 2 is 0.535 bits per heavy atom. The lowest BCUT2D eigenvalue weighted by molar-refractivity contribution is -0.161. The van der Waals surface area contributed by atoms with Crippen LogP contribution in [0.3, 0.4) is 0 Å². The van der Waals surface area contributed by atoms with Crippen molar-refractivity contribution in [3.63, 3.8) is 0 Å². The molecule has 0 aromatic heterocycles. The van der Waals surface area contributed by atoms with Gasteiger partial charge in [-0.05, 0) is 43.4 Å². The van der Waals surface area contributed by atoms with E-state index in [0.717, 1.165) is 108 Å². The first kappa shape index (κ1) is 84.1. The van der Waals surface area contributed by atoms with Crippen molar-refractivity contribution in [2.45, 2.75) is 349 Å². The molecule has 86 heavy (non-hydrogen) atoms. The predicted octanol–water partition coefficient (Wildman–Crippen LogP) is 18.7. The summed E-state index contributed by atoms with van der Waals surface area (Å²) < 4.78 is 67.8. The molecule has 0 bridgehead atoms. The largest absolute Gasteiger partial charge is 0.472 e. The highest BCUT2D eigenvalue weighted by Gasteiger charge is 2.30. The second kappa shape index (κ2) is 58.2. The Kier molecular flexibility index (Phi) is 56.9. The van der Waals surface area contributed by atoms with E-state index in [4.69, 9.17) is 37.0 Å². The number of phosphoric ester groups is 2. The van der Waals surface area contributed by atoms with Crippen LogP contribution in [-0.2, 0) is 65.4 Å². The maximum absolute atomic E-state index is 13.0. The monoisotopic (exact) mass is 1270 g/mol. The van der Waals surface area contributed by atoms with Gasteiger partial charge in [-0.3, -0.25) is 37.3 Å². The van der Waals surface area contributed by atoms with Gasteiger partial charge in [0.25, 0.3) is 0 Å². The highest BCUT2D eigenvalue weighted by atomic mass is 31.2. The van der Waals surface area contributed by atoms with Gasteiger partial charge in [-0.25, -0.2) is 9.13 Å². The molecule has 0 saturated carbocycles. The van der Waals surface area contributed by atoms with Gasteiger partial charge in [-0.2, -0.15) is 0 Å². The molecule has 17 nitrogen and oxygen atoms in total. The average molecular weight is 1270 g/mol. The summed E-state index contributed by atoms with van der Waals surface area (Å²) in [6.07, 6.45) is 41.1. The molecule has 0 spiro atoms. The van der Waals surface area contributed by atoms with Crippen molar-refractivity contribution in [3.05, 3.63) is 0 Å². The van der Waals surface area contributed by atoms with Crippen LogP contribution in [0.1, 0.15) is 331 Å². The number of hydrogen-bond acceptors (Lipinski definition) is 15. The SMILES string of the molecule is CCCCCCCC(=O)OC[C@H](COP(=O)(O)OC[C@H](O)COP(=O)(O)OC[C@@H](COC(=O)CCCCCCCCCCC(C)C)OC(=O)CCCCCCCCCCCCCCCCCCCCC(C)C)OC(=O)CCCCCCCCC(C)C. The van der Waals surface area contributed by atoms with Gasteiger partial charge < -0.3 is 33.8 Å². The lowest BCUT2D eigenvalue weighted by atomic mass is 10.0. The highest BCUT2D eigenvalue weighted by molar-refractivity contribution is 7.47. The van der Waals surface area contributed by atoms with E-state index < -0.39 is 97.5 Å². The van der Waals surface area contributed by atoms with Crippen LogP contribution < -0.4 is 0 Å². The molecule has 3 N–H and O–H groups in total. The molecule has 0 saturated heterocycles. The maximum atomic E-state index is 13.0. The zero-order valence-corrected chi connectivity index (χ0v) is 57.6. The second-order valence-electron chi connectivity index (χ2n) is 25.6. The summed E-state index contributed by atoms with van der Waals surface area (Å²) in [7, 11) is -9.88. The van der Waals surface area contributed by atoms with Crippen LogP contribution in [-0.4, -0.2) is 96.7 Å². The Hall–Kier alpha value is -1.94. The second-order valence-corrected chi connectivity index (χ2v) is 28.5. The van der Waals surface area contributed by atoms with Gasteiger partial charge in [-0.15, -0.1) is 0 Å². The van der Waals surface area contributed by atoms with Crippen molar-refractivity contribution in [2.24, 2.45) is 17.8 Å². The van der Waals surface area contributed by atoms with E-state index in [1.165, 1.54) is 135 Å². The number of unbranched alkanes of at least 4 members (excludes halogenated alkanes) is 33. The van der Waals surface area contributed by atoms with Crippen LogP contribution in [0.25, 0.3) is 0 Å². The summed E-state index contributed by atoms with van der Waals surface area (Å²) in [5.74, 6) is 0.0686. The Bertz CT molecular complexity index is 1700. The molecular weight excluding hydrogens is 1140 g/mol. The molecule has 0 aromatic rings. The van der Waals surface area contributed by atoms with Gasteiger partial charge in [0.2, 0.25) is 0 Å². The summed E-state index contributed by atoms with van der Waals surface area (Å²) in [4.78, 5) is 72.0. The van der Waals surface area contributed by atoms with Crippen molar-refractivity contribution >= 4 is 39.5 Å². The maximum Gasteiger partial charge on any atom is 0.472 e. The molecule has 5 atom stereocenters. The average Bonchev–Trinajstić information content (AvgIpc) is 3.68. The van der Waals surface area contributed by atoms with Crippen molar-refractivity contribution < 1.29 is 80.2 Å². The minimum absolute atomic E-state index is 0.101. The number of phosphoric acid groups is 2. The Balaban J connectivity index is 5.09. The molecule has 0 aliphatic carbocycles. The van der Waals surface area contributed by atoms with Crippen LogP contribution in [0, 0.1) is 17.8 Å². The smallest absolute Gasteiger partial charge is 0.462 e. The van der Waals surface area contributed by atoms with Gasteiger partial charge in [0.1, 0.15) is 19.3 Å². The minimum Gasteiger partial charge on any atom is -0.462 e. The number of esters is 4. The van der Waals surface area contributed by atoms with Gasteiger partial charge in [0, 0.05) is 25.7 Å². The first-order valence-corrected chi connectivity index (χ1v) is 37.8. The third-order valence-corrected chi connectivity index (χ3v) is 17.3. The van der Waals surface area contributed by atoms with Crippen molar-refractivity contribution in [3.8, 4) is 0 Å². The van der Waals surface area contributed by atoms with Gasteiger partial charge in [-0.1, -0.05) is 280 Å². The summed E-state index contributed by atoms with van der Waals surface area (Å²) in [5.41, 5.74) is 0. The number of ether oxygens (including phenoxy) is 4. The van der Waals surface area contributed by atoms with E-state index in [2.05, 4.69) is 48.5 Å². The zero-order chi connectivity index (χ0) is 63.8. The van der Waals surface area contributed by atoms with Crippen LogP contribution in [0.2, 0.25) is 0 Å². The number of carbonyl (C=O) groups excluding carboxylic acids is 4. The number of rotatable bonds is 65. The van der Waals surface area contributed by atoms with Crippen molar-refractivity contribution in [1.82, 2.24) is 0 Å². The minimum atomic E-state index is -4.95. The van der Waals surface area contributed by atoms with Gasteiger partial charge in [0.05, 0.1) is 26.4 Å². The summed E-state index contributed by atoms with van der Waals surface area (Å²) >= 11 is 0. The molecule has 0 aliphatic heterocycles. The molecule has 0 rings (SSSR count). The first-order chi connectivity index (χ1) is 41.2. The van der Waals surface area contributed by atoms with E-state index in [9.17, 15) is 43.2 Å². The third-order valence-electron chi connectivity index (χ3n) is 15.4. The van der Waals surface area contributed by atoms with Crippen LogP contribution >= 0.6 is 15.6 Å². The first-order valence-electron chi connectivity index (χ1n) is 34.8. The highest BCUT2D eigenvalue weighted by Crippen LogP contribution is 2.45. The third kappa shape index (κ3) is 60.9. The normalized spacial score (nSPS) is 14.3. The van der Waals surface area contributed by atoms with Gasteiger partial charge in [0.15, 0.2) is 12.2 Å². The molecule has 0 aromatic carbocycles. The topological polar surface area (TPSA) is 237 Å². The van der Waals surface area contributed by atoms with Crippen LogP contribution in [0.4, 0.5) is 0 Å². The number of carbonyl (C=O) groups is 4. The number of hydrogen-bond donors (Lipinski definition) is 3. The lowest BCUT2D eigenvalue weighted by Crippen LogP contribution is -2.30. The molecule has 0 heterocycles. The number of aliphatic hydroxyl groups is 1. The standard InChI is InChI=1S/C67H130O17P2/c1-8-9-10-31-41-48-64(69)77-54-62(84-67(72)51-44-37-30-29-34-40-47-60(6)7)56-81-85(73,74)79-52-61(68)53-80-86(75,76)82-57-63(55-78-65(70)49-42-35-27-24-23-26-33-39-46-59(4)5)83-66(71)50-43-36-28-22-20-18-16-14-12-11-13-15-17-19-21-25-32-38-45-58(2)3/h58-63,68H,8-57H2,1-7H3,(H,73,74)(H,75,76)/t61-,62+,63+/m0/s1. The molecule has 19 heteroatoms. The van der Waals surface area contributed by atoms with E-state index in [-0.39, 0.29) is 25.7 Å². The molecule has 0 amide bonds. The molecule has 0 aliphatic rings. The fourth-order valence-corrected chi connectivity index (χ4v) is 11.6.